The van der Waals surface area contributed by atoms with Crippen molar-refractivity contribution in [3.63, 3.8) is 0 Å². The second kappa shape index (κ2) is 9.54. The number of carbonyl (C=O) groups is 1. The van der Waals surface area contributed by atoms with E-state index in [9.17, 15) is 4.79 Å². The maximum absolute atomic E-state index is 11.6. The van der Waals surface area contributed by atoms with Crippen molar-refractivity contribution in [2.45, 2.75) is 39.2 Å². The van der Waals surface area contributed by atoms with Crippen LogP contribution in [-0.4, -0.2) is 58.3 Å². The lowest BCUT2D eigenvalue weighted by Gasteiger charge is -2.40. The summed E-state index contributed by atoms with van der Waals surface area (Å²) in [5.74, 6) is 1.40. The number of benzene rings is 2. The number of likely N-dealkylation sites (N-methyl/N-ethyl adjacent to an activating group) is 1. The molecule has 5 nitrogen and oxygen atoms in total. The van der Waals surface area contributed by atoms with Crippen molar-refractivity contribution in [2.24, 2.45) is 0 Å². The van der Waals surface area contributed by atoms with Crippen molar-refractivity contribution in [2.75, 3.05) is 32.7 Å². The summed E-state index contributed by atoms with van der Waals surface area (Å²) >= 11 is 0. The predicted molar refractivity (Wildman–Crippen MR) is 122 cm³/mol. The van der Waals surface area contributed by atoms with Gasteiger partial charge in [0.05, 0.1) is 17.9 Å². The average molecular weight is 405 g/mol. The van der Waals surface area contributed by atoms with E-state index in [1.807, 2.05) is 13.1 Å². The second-order valence-electron chi connectivity index (χ2n) is 8.18. The highest BCUT2D eigenvalue weighted by Gasteiger charge is 2.29. The molecule has 2 heterocycles. The lowest BCUT2D eigenvalue weighted by molar-refractivity contribution is -0.118. The monoisotopic (exact) mass is 404 g/mol. The van der Waals surface area contributed by atoms with Gasteiger partial charge in [0.2, 0.25) is 0 Å². The number of hydrogen-bond donors (Lipinski definition) is 1. The van der Waals surface area contributed by atoms with Crippen molar-refractivity contribution in [3.8, 4) is 11.3 Å². The van der Waals surface area contributed by atoms with Crippen LogP contribution in [0.4, 0.5) is 0 Å². The first kappa shape index (κ1) is 20.8. The number of aromatic nitrogens is 2. The molecule has 3 aromatic rings. The summed E-state index contributed by atoms with van der Waals surface area (Å²) < 4.78 is 0. The topological polar surface area (TPSA) is 52.2 Å². The standard InChI is InChI=1S/C25H32N4O/c1-3-22(30)10-7-13-28-14-15-29(4-2)24(18-28)25-26-17-23(27-25)21-12-11-19-8-5-6-9-20(19)16-21/h5-6,8-9,11-12,16-17,24H,3-4,7,10,13-15,18H2,1-2H3,(H,26,27). The molecule has 5 heteroatoms. The Morgan fingerprint density at radius 2 is 1.97 bits per heavy atom. The fraction of sp³-hybridized carbons (Fsp3) is 0.440. The number of carbonyl (C=O) groups excluding carboxylic acids is 1. The average Bonchev–Trinajstić information content (AvgIpc) is 3.28. The van der Waals surface area contributed by atoms with Gasteiger partial charge in [-0.25, -0.2) is 4.98 Å². The van der Waals surface area contributed by atoms with Crippen LogP contribution in [0.15, 0.2) is 48.7 Å². The molecule has 1 atom stereocenters. The first-order valence-corrected chi connectivity index (χ1v) is 11.2. The van der Waals surface area contributed by atoms with Crippen LogP contribution in [0.1, 0.15) is 45.0 Å². The first-order valence-electron chi connectivity index (χ1n) is 11.2. The fourth-order valence-corrected chi connectivity index (χ4v) is 4.40. The lowest BCUT2D eigenvalue weighted by atomic mass is 10.1. The highest BCUT2D eigenvalue weighted by molar-refractivity contribution is 5.86. The molecule has 0 spiro atoms. The van der Waals surface area contributed by atoms with E-state index < -0.39 is 0 Å². The molecule has 0 radical (unpaired) electrons. The summed E-state index contributed by atoms with van der Waals surface area (Å²) in [5.41, 5.74) is 2.23. The number of piperazine rings is 1. The number of aromatic amines is 1. The van der Waals surface area contributed by atoms with E-state index in [0.29, 0.717) is 18.6 Å². The van der Waals surface area contributed by atoms with Gasteiger partial charge in [0.1, 0.15) is 11.6 Å². The Balaban J connectivity index is 1.48. The van der Waals surface area contributed by atoms with Crippen molar-refractivity contribution in [3.05, 3.63) is 54.5 Å². The third kappa shape index (κ3) is 4.63. The molecule has 30 heavy (non-hydrogen) atoms. The zero-order valence-corrected chi connectivity index (χ0v) is 18.1. The van der Waals surface area contributed by atoms with Gasteiger partial charge in [-0.15, -0.1) is 0 Å². The zero-order chi connectivity index (χ0) is 20.9. The van der Waals surface area contributed by atoms with Crippen LogP contribution in [0.25, 0.3) is 22.0 Å². The number of ketones is 1. The SMILES string of the molecule is CCC(=O)CCCN1CCN(CC)C(c2ncc(-c3ccc4ccccc4c3)[nH]2)C1. The summed E-state index contributed by atoms with van der Waals surface area (Å²) in [4.78, 5) is 25.0. The number of fused-ring (bicyclic) bond motifs is 1. The van der Waals surface area contributed by atoms with Gasteiger partial charge >= 0.3 is 0 Å². The van der Waals surface area contributed by atoms with Crippen LogP contribution >= 0.6 is 0 Å². The molecule has 0 bridgehead atoms. The Kier molecular flexibility index (Phi) is 6.60. The Morgan fingerprint density at radius 1 is 1.13 bits per heavy atom. The number of nitrogens with one attached hydrogen (secondary N) is 1. The summed E-state index contributed by atoms with van der Waals surface area (Å²) in [6.07, 6.45) is 4.26. The van der Waals surface area contributed by atoms with E-state index in [1.165, 1.54) is 16.3 Å². The summed E-state index contributed by atoms with van der Waals surface area (Å²) in [6.45, 7) is 9.21. The van der Waals surface area contributed by atoms with E-state index in [4.69, 9.17) is 4.98 Å². The van der Waals surface area contributed by atoms with Gasteiger partial charge in [-0.05, 0) is 36.3 Å². The molecule has 1 saturated heterocycles. The number of Topliss-reactive ketones (excluding diaryl/α,β-unsaturated/α-hetero) is 1. The molecule has 1 unspecified atom stereocenters. The molecule has 1 aliphatic heterocycles. The van der Waals surface area contributed by atoms with Crippen LogP contribution < -0.4 is 0 Å². The van der Waals surface area contributed by atoms with Crippen LogP contribution in [0.2, 0.25) is 0 Å². The Morgan fingerprint density at radius 3 is 2.77 bits per heavy atom. The summed E-state index contributed by atoms with van der Waals surface area (Å²) in [7, 11) is 0. The van der Waals surface area contributed by atoms with Crippen LogP contribution in [0.5, 0.6) is 0 Å². The van der Waals surface area contributed by atoms with E-state index in [2.05, 4.69) is 64.2 Å². The quantitative estimate of drug-likeness (QED) is 0.593. The molecule has 0 amide bonds. The summed E-state index contributed by atoms with van der Waals surface area (Å²) in [6, 6.07) is 15.3. The molecule has 1 aliphatic rings. The van der Waals surface area contributed by atoms with E-state index in [-0.39, 0.29) is 6.04 Å². The van der Waals surface area contributed by atoms with Gasteiger partial charge in [0.15, 0.2) is 0 Å². The van der Waals surface area contributed by atoms with Crippen molar-refractivity contribution in [1.82, 2.24) is 19.8 Å². The van der Waals surface area contributed by atoms with E-state index in [0.717, 1.165) is 50.7 Å². The Bertz CT molecular complexity index is 995. The smallest absolute Gasteiger partial charge is 0.132 e. The Hall–Kier alpha value is -2.50. The number of imidazole rings is 1. The maximum Gasteiger partial charge on any atom is 0.132 e. The van der Waals surface area contributed by atoms with Crippen LogP contribution in [-0.2, 0) is 4.79 Å². The molecule has 1 aromatic heterocycles. The van der Waals surface area contributed by atoms with Crippen molar-refractivity contribution >= 4 is 16.6 Å². The number of nitrogens with zero attached hydrogens (tertiary/aromatic N) is 3. The molecule has 1 N–H and O–H groups in total. The fourth-order valence-electron chi connectivity index (χ4n) is 4.40. The minimum atomic E-state index is 0.264. The third-order valence-corrected chi connectivity index (χ3v) is 6.28. The minimum Gasteiger partial charge on any atom is -0.341 e. The van der Waals surface area contributed by atoms with Gasteiger partial charge in [-0.1, -0.05) is 50.2 Å². The number of hydrogen-bond acceptors (Lipinski definition) is 4. The zero-order valence-electron chi connectivity index (χ0n) is 18.1. The molecule has 2 aromatic carbocycles. The molecule has 1 fully saturated rings. The largest absolute Gasteiger partial charge is 0.341 e. The van der Waals surface area contributed by atoms with Gasteiger partial charge in [0.25, 0.3) is 0 Å². The molecule has 0 saturated carbocycles. The molecular formula is C25H32N4O. The molecule has 4 rings (SSSR count). The third-order valence-electron chi connectivity index (χ3n) is 6.28. The number of rotatable bonds is 8. The minimum absolute atomic E-state index is 0.264. The van der Waals surface area contributed by atoms with E-state index in [1.54, 1.807) is 0 Å². The summed E-state index contributed by atoms with van der Waals surface area (Å²) in [5, 5.41) is 2.49. The van der Waals surface area contributed by atoms with Gasteiger partial charge in [-0.3, -0.25) is 9.69 Å². The number of H-pyrrole nitrogens is 1. The predicted octanol–water partition coefficient (Wildman–Crippen LogP) is 4.67. The van der Waals surface area contributed by atoms with Crippen molar-refractivity contribution < 1.29 is 4.79 Å². The van der Waals surface area contributed by atoms with Crippen molar-refractivity contribution in [1.29, 1.82) is 0 Å². The molecular weight excluding hydrogens is 372 g/mol. The highest BCUT2D eigenvalue weighted by Crippen LogP contribution is 2.27. The van der Waals surface area contributed by atoms with Crippen LogP contribution in [0, 0.1) is 0 Å². The Labute approximate surface area is 179 Å². The van der Waals surface area contributed by atoms with E-state index >= 15 is 0 Å². The normalized spacial score (nSPS) is 18.1. The van der Waals surface area contributed by atoms with Gasteiger partial charge in [0, 0.05) is 38.0 Å². The molecule has 158 valence electrons. The second-order valence-corrected chi connectivity index (χ2v) is 8.18. The van der Waals surface area contributed by atoms with Gasteiger partial charge < -0.3 is 9.88 Å². The first-order chi connectivity index (χ1) is 14.7. The van der Waals surface area contributed by atoms with Crippen LogP contribution in [0.3, 0.4) is 0 Å². The molecule has 0 aliphatic carbocycles. The highest BCUT2D eigenvalue weighted by atomic mass is 16.1. The lowest BCUT2D eigenvalue weighted by Crippen LogP contribution is -2.48. The maximum atomic E-state index is 11.6. The van der Waals surface area contributed by atoms with Gasteiger partial charge in [-0.2, -0.15) is 0 Å².